The molecule has 4 rings (SSSR count). The maximum atomic E-state index is 12.8. The molecule has 9 heteroatoms. The normalized spacial score (nSPS) is 15.9. The van der Waals surface area contributed by atoms with E-state index in [-0.39, 0.29) is 11.4 Å². The number of unbranched alkanes of at least 4 members (excludes halogenated alkanes) is 4. The van der Waals surface area contributed by atoms with E-state index < -0.39 is 5.91 Å². The van der Waals surface area contributed by atoms with Crippen LogP contribution in [0.3, 0.4) is 0 Å². The maximum Gasteiger partial charge on any atom is 0.283 e. The predicted molar refractivity (Wildman–Crippen MR) is 153 cm³/mol. The molecule has 38 heavy (non-hydrogen) atoms. The number of hydrogen-bond donors (Lipinski definition) is 1. The van der Waals surface area contributed by atoms with Gasteiger partial charge < -0.3 is 14.2 Å². The Kier molecular flexibility index (Phi) is 10.5. The van der Waals surface area contributed by atoms with Gasteiger partial charge in [0.05, 0.1) is 18.8 Å². The number of thioether (sulfide) groups is 1. The van der Waals surface area contributed by atoms with E-state index in [9.17, 15) is 4.79 Å². The van der Waals surface area contributed by atoms with Gasteiger partial charge in [-0.15, -0.1) is 0 Å². The Balaban J connectivity index is 1.29. The number of fused-ring (bicyclic) bond motifs is 1. The summed E-state index contributed by atoms with van der Waals surface area (Å²) >= 11 is 1.38. The molecular formula is C29H34N4O4S. The SMILES string of the molecule is CCCCCCCC1=NN2C(=N)/C(=C\c3ccccc3OCCOCCOc3ccccc3)C(=O)N=C2S1. The molecule has 2 aliphatic rings. The van der Waals surface area contributed by atoms with Crippen LogP contribution in [0.25, 0.3) is 6.08 Å². The standard InChI is InChI=1S/C29H34N4O4S/c1-2-3-4-5-9-16-26-32-33-27(30)24(28(34)31-29(33)38-26)21-22-12-10-11-15-25(22)37-20-18-35-17-19-36-23-13-7-6-8-14-23/h6-8,10-15,21,30H,2-5,9,16-20H2,1H3/b24-21+,30-27?. The molecule has 0 fully saturated rings. The highest BCUT2D eigenvalue weighted by Crippen LogP contribution is 2.31. The summed E-state index contributed by atoms with van der Waals surface area (Å²) in [5.41, 5.74) is 0.881. The molecule has 0 aliphatic carbocycles. The van der Waals surface area contributed by atoms with Gasteiger partial charge in [0.25, 0.3) is 5.91 Å². The molecule has 2 heterocycles. The van der Waals surface area contributed by atoms with Crippen molar-refractivity contribution < 1.29 is 19.0 Å². The van der Waals surface area contributed by atoms with E-state index in [4.69, 9.17) is 19.6 Å². The number of nitrogens with one attached hydrogen (secondary N) is 1. The number of amidine groups is 2. The summed E-state index contributed by atoms with van der Waals surface area (Å²) in [6.07, 6.45) is 8.36. The number of amides is 1. The Hall–Kier alpha value is -3.43. The van der Waals surface area contributed by atoms with Crippen molar-refractivity contribution >= 4 is 39.8 Å². The van der Waals surface area contributed by atoms with E-state index in [0.29, 0.717) is 42.9 Å². The van der Waals surface area contributed by atoms with Crippen molar-refractivity contribution in [2.45, 2.75) is 45.4 Å². The number of carbonyl (C=O) groups excluding carboxylic acids is 1. The zero-order valence-corrected chi connectivity index (χ0v) is 22.5. The van der Waals surface area contributed by atoms with Crippen molar-refractivity contribution in [3.05, 3.63) is 65.7 Å². The molecule has 1 N–H and O–H groups in total. The zero-order chi connectivity index (χ0) is 26.6. The molecule has 0 unspecified atom stereocenters. The molecule has 2 aromatic rings. The van der Waals surface area contributed by atoms with Crippen LogP contribution in [0.5, 0.6) is 11.5 Å². The summed E-state index contributed by atoms with van der Waals surface area (Å²) in [5, 5.41) is 16.0. The van der Waals surface area contributed by atoms with E-state index in [1.54, 1.807) is 6.08 Å². The fourth-order valence-corrected chi connectivity index (χ4v) is 4.87. The van der Waals surface area contributed by atoms with Crippen molar-refractivity contribution in [3.8, 4) is 11.5 Å². The number of benzene rings is 2. The van der Waals surface area contributed by atoms with Crippen molar-refractivity contribution in [2.75, 3.05) is 26.4 Å². The Labute approximate surface area is 228 Å². The van der Waals surface area contributed by atoms with Gasteiger partial charge in [0.15, 0.2) is 5.84 Å². The third-order valence-corrected chi connectivity index (χ3v) is 6.90. The van der Waals surface area contributed by atoms with Gasteiger partial charge in [0, 0.05) is 5.56 Å². The van der Waals surface area contributed by atoms with Crippen LogP contribution in [0.2, 0.25) is 0 Å². The van der Waals surface area contributed by atoms with Gasteiger partial charge in [-0.2, -0.15) is 15.1 Å². The maximum absolute atomic E-state index is 12.8. The molecule has 0 saturated carbocycles. The van der Waals surface area contributed by atoms with Crippen LogP contribution in [0.15, 0.2) is 70.3 Å². The summed E-state index contributed by atoms with van der Waals surface area (Å²) in [5.74, 6) is 1.01. The first-order valence-electron chi connectivity index (χ1n) is 13.1. The van der Waals surface area contributed by atoms with Gasteiger partial charge in [-0.1, -0.05) is 69.0 Å². The molecule has 0 atom stereocenters. The largest absolute Gasteiger partial charge is 0.491 e. The molecule has 200 valence electrons. The van der Waals surface area contributed by atoms with E-state index in [1.165, 1.54) is 36.0 Å². The van der Waals surface area contributed by atoms with E-state index in [1.807, 2.05) is 54.6 Å². The van der Waals surface area contributed by atoms with Gasteiger partial charge in [0.2, 0.25) is 5.17 Å². The highest BCUT2D eigenvalue weighted by Gasteiger charge is 2.35. The number of hydrogen-bond acceptors (Lipinski definition) is 7. The van der Waals surface area contributed by atoms with Crippen LogP contribution in [-0.4, -0.2) is 53.4 Å². The monoisotopic (exact) mass is 534 g/mol. The minimum Gasteiger partial charge on any atom is -0.491 e. The molecule has 0 bridgehead atoms. The number of para-hydroxylation sites is 2. The fourth-order valence-electron chi connectivity index (χ4n) is 3.95. The van der Waals surface area contributed by atoms with E-state index in [0.717, 1.165) is 30.1 Å². The number of ether oxygens (including phenoxy) is 3. The predicted octanol–water partition coefficient (Wildman–Crippen LogP) is 6.14. The van der Waals surface area contributed by atoms with Crippen LogP contribution in [0.4, 0.5) is 0 Å². The second kappa shape index (κ2) is 14.5. The van der Waals surface area contributed by atoms with E-state index in [2.05, 4.69) is 17.0 Å². The van der Waals surface area contributed by atoms with Gasteiger partial charge in [0.1, 0.15) is 29.8 Å². The number of aliphatic imine (C=N–C) groups is 1. The van der Waals surface area contributed by atoms with Gasteiger partial charge in [-0.05, 0) is 48.9 Å². The first-order valence-corrected chi connectivity index (χ1v) is 13.9. The van der Waals surface area contributed by atoms with Gasteiger partial charge in [-0.25, -0.2) is 0 Å². The van der Waals surface area contributed by atoms with Gasteiger partial charge >= 0.3 is 0 Å². The summed E-state index contributed by atoms with van der Waals surface area (Å²) in [4.78, 5) is 17.0. The Morgan fingerprint density at radius 3 is 2.47 bits per heavy atom. The van der Waals surface area contributed by atoms with Crippen molar-refractivity contribution in [1.82, 2.24) is 5.01 Å². The molecule has 0 radical (unpaired) electrons. The lowest BCUT2D eigenvalue weighted by Gasteiger charge is -2.20. The summed E-state index contributed by atoms with van der Waals surface area (Å²) in [6.45, 7) is 3.84. The average Bonchev–Trinajstić information content (AvgIpc) is 3.34. The summed E-state index contributed by atoms with van der Waals surface area (Å²) in [7, 11) is 0. The first kappa shape index (κ1) is 27.6. The van der Waals surface area contributed by atoms with Crippen molar-refractivity contribution in [2.24, 2.45) is 10.1 Å². The molecule has 0 aromatic heterocycles. The zero-order valence-electron chi connectivity index (χ0n) is 21.7. The Morgan fingerprint density at radius 2 is 1.66 bits per heavy atom. The lowest BCUT2D eigenvalue weighted by Crippen LogP contribution is -2.35. The molecule has 1 amide bonds. The Bertz CT molecular complexity index is 1200. The smallest absolute Gasteiger partial charge is 0.283 e. The summed E-state index contributed by atoms with van der Waals surface area (Å²) < 4.78 is 17.1. The highest BCUT2D eigenvalue weighted by atomic mass is 32.2. The molecule has 2 aliphatic heterocycles. The van der Waals surface area contributed by atoms with Crippen LogP contribution in [0, 0.1) is 5.41 Å². The van der Waals surface area contributed by atoms with Gasteiger partial charge in [-0.3, -0.25) is 10.2 Å². The number of hydrazone groups is 1. The third kappa shape index (κ3) is 7.79. The number of rotatable bonds is 15. The fraction of sp³-hybridized carbons (Fsp3) is 0.379. The average molecular weight is 535 g/mol. The Morgan fingerprint density at radius 1 is 0.921 bits per heavy atom. The van der Waals surface area contributed by atoms with Crippen LogP contribution >= 0.6 is 11.8 Å². The highest BCUT2D eigenvalue weighted by molar-refractivity contribution is 8.26. The lowest BCUT2D eigenvalue weighted by molar-refractivity contribution is -0.114. The van der Waals surface area contributed by atoms with Crippen LogP contribution in [-0.2, 0) is 9.53 Å². The number of nitrogens with zero attached hydrogens (tertiary/aromatic N) is 3. The lowest BCUT2D eigenvalue weighted by atomic mass is 10.1. The topological polar surface area (TPSA) is 96.6 Å². The second-order valence-electron chi connectivity index (χ2n) is 8.84. The molecule has 8 nitrogen and oxygen atoms in total. The minimum absolute atomic E-state index is 0.0324. The van der Waals surface area contributed by atoms with Crippen LogP contribution < -0.4 is 9.47 Å². The number of carbonyl (C=O) groups is 1. The quantitative estimate of drug-likeness (QED) is 0.218. The van der Waals surface area contributed by atoms with E-state index >= 15 is 0 Å². The molecular weight excluding hydrogens is 500 g/mol. The summed E-state index contributed by atoms with van der Waals surface area (Å²) in [6, 6.07) is 17.0. The van der Waals surface area contributed by atoms with Crippen molar-refractivity contribution in [1.29, 1.82) is 5.41 Å². The third-order valence-electron chi connectivity index (χ3n) is 5.93. The van der Waals surface area contributed by atoms with Crippen LogP contribution in [0.1, 0.15) is 51.0 Å². The molecule has 0 spiro atoms. The molecule has 0 saturated heterocycles. The first-order chi connectivity index (χ1) is 18.7. The van der Waals surface area contributed by atoms with Crippen molar-refractivity contribution in [3.63, 3.8) is 0 Å². The second-order valence-corrected chi connectivity index (χ2v) is 9.88. The molecule has 2 aromatic carbocycles. The minimum atomic E-state index is -0.440.